The topological polar surface area (TPSA) is 38.3 Å². The molecule has 3 heteroatoms. The minimum atomic E-state index is -1.12. The number of hydrogen-bond donors (Lipinski definition) is 1. The molecule has 0 radical (unpaired) electrons. The van der Waals surface area contributed by atoms with Crippen molar-refractivity contribution < 1.29 is 9.53 Å². The number of benzene rings is 4. The van der Waals surface area contributed by atoms with E-state index in [2.05, 4.69) is 23.5 Å². The van der Waals surface area contributed by atoms with Crippen LogP contribution in [0, 0.1) is 0 Å². The van der Waals surface area contributed by atoms with Crippen LogP contribution in [0.5, 0.6) is 0 Å². The molecule has 30 heavy (non-hydrogen) atoms. The van der Waals surface area contributed by atoms with Crippen LogP contribution < -0.4 is 5.32 Å². The van der Waals surface area contributed by atoms with Crippen molar-refractivity contribution in [3.63, 3.8) is 0 Å². The summed E-state index contributed by atoms with van der Waals surface area (Å²) in [6.45, 7) is 0. The fourth-order valence-corrected chi connectivity index (χ4v) is 3.93. The number of ether oxygens (including phenoxy) is 1. The van der Waals surface area contributed by atoms with Crippen molar-refractivity contribution in [2.75, 3.05) is 5.32 Å². The van der Waals surface area contributed by atoms with E-state index in [4.69, 9.17) is 4.74 Å². The van der Waals surface area contributed by atoms with Crippen LogP contribution >= 0.6 is 0 Å². The summed E-state index contributed by atoms with van der Waals surface area (Å²) in [6, 6.07) is 33.7. The highest BCUT2D eigenvalue weighted by Gasteiger charge is 2.46. The fraction of sp³-hybridized carbons (Fsp3) is 0.0741. The Kier molecular flexibility index (Phi) is 4.56. The molecule has 0 spiro atoms. The van der Waals surface area contributed by atoms with Gasteiger partial charge in [0.05, 0.1) is 0 Å². The van der Waals surface area contributed by atoms with Crippen LogP contribution in [0.25, 0.3) is 16.5 Å². The van der Waals surface area contributed by atoms with Gasteiger partial charge in [0.2, 0.25) is 5.60 Å². The minimum absolute atomic E-state index is 0.175. The number of para-hydroxylation sites is 1. The third kappa shape index (κ3) is 3.25. The lowest BCUT2D eigenvalue weighted by molar-refractivity contribution is -0.132. The van der Waals surface area contributed by atoms with Gasteiger partial charge in [-0.15, -0.1) is 0 Å². The molecule has 146 valence electrons. The van der Waals surface area contributed by atoms with Crippen molar-refractivity contribution in [1.82, 2.24) is 0 Å². The number of carbonyl (C=O) groups is 1. The molecule has 1 aliphatic heterocycles. The van der Waals surface area contributed by atoms with E-state index in [0.29, 0.717) is 6.42 Å². The Balaban J connectivity index is 1.56. The average molecular weight is 391 g/mol. The zero-order chi connectivity index (χ0) is 20.4. The molecule has 4 aromatic carbocycles. The Labute approximate surface area is 175 Å². The molecule has 0 saturated heterocycles. The molecule has 1 atom stereocenters. The van der Waals surface area contributed by atoms with E-state index in [0.717, 1.165) is 33.3 Å². The number of hydrogen-bond acceptors (Lipinski definition) is 2. The van der Waals surface area contributed by atoms with Gasteiger partial charge < -0.3 is 10.1 Å². The predicted octanol–water partition coefficient (Wildman–Crippen LogP) is 6.14. The van der Waals surface area contributed by atoms with Crippen LogP contribution in [0.4, 0.5) is 5.69 Å². The molecule has 1 heterocycles. The van der Waals surface area contributed by atoms with E-state index in [-0.39, 0.29) is 5.91 Å². The van der Waals surface area contributed by atoms with Crippen molar-refractivity contribution in [2.45, 2.75) is 12.0 Å². The van der Waals surface area contributed by atoms with Gasteiger partial charge in [0.25, 0.3) is 5.91 Å². The standard InChI is InChI=1S/C27H21NO2/c29-26(28-24-13-5-2-6-14-24)27(18-17-25(30-27)21-10-3-1-4-11-21)23-16-15-20-9-7-8-12-22(20)19-23/h1-17,19H,18H2,(H,28,29). The Hall–Kier alpha value is -3.85. The fourth-order valence-electron chi connectivity index (χ4n) is 3.93. The number of nitrogens with one attached hydrogen (secondary N) is 1. The Morgan fingerprint density at radius 3 is 2.20 bits per heavy atom. The largest absolute Gasteiger partial charge is 0.472 e. The molecule has 1 N–H and O–H groups in total. The lowest BCUT2D eigenvalue weighted by Crippen LogP contribution is -2.40. The van der Waals surface area contributed by atoms with Gasteiger partial charge in [-0.1, -0.05) is 84.9 Å². The second-order valence-electron chi connectivity index (χ2n) is 7.45. The van der Waals surface area contributed by atoms with Crippen molar-refractivity contribution in [3.05, 3.63) is 120 Å². The van der Waals surface area contributed by atoms with E-state index in [1.807, 2.05) is 91.0 Å². The number of fused-ring (bicyclic) bond motifs is 1. The summed E-state index contributed by atoms with van der Waals surface area (Å²) in [5.41, 5.74) is 1.44. The van der Waals surface area contributed by atoms with Gasteiger partial charge in [0.1, 0.15) is 5.76 Å². The number of amides is 1. The molecule has 0 aliphatic carbocycles. The van der Waals surface area contributed by atoms with Gasteiger partial charge in [-0.05, 0) is 35.0 Å². The monoisotopic (exact) mass is 391 g/mol. The number of carbonyl (C=O) groups excluding carboxylic acids is 1. The summed E-state index contributed by atoms with van der Waals surface area (Å²) in [6.07, 6.45) is 2.48. The maximum absolute atomic E-state index is 13.6. The van der Waals surface area contributed by atoms with Crippen molar-refractivity contribution in [2.24, 2.45) is 0 Å². The highest BCUT2D eigenvalue weighted by Crippen LogP contribution is 2.43. The van der Waals surface area contributed by atoms with Crippen molar-refractivity contribution in [3.8, 4) is 0 Å². The number of rotatable bonds is 4. The summed E-state index contributed by atoms with van der Waals surface area (Å²) < 4.78 is 6.45. The zero-order valence-electron chi connectivity index (χ0n) is 16.4. The lowest BCUT2D eigenvalue weighted by atomic mass is 9.88. The lowest BCUT2D eigenvalue weighted by Gasteiger charge is -2.29. The van der Waals surface area contributed by atoms with Gasteiger partial charge in [-0.25, -0.2) is 0 Å². The second-order valence-corrected chi connectivity index (χ2v) is 7.45. The highest BCUT2D eigenvalue weighted by atomic mass is 16.5. The van der Waals surface area contributed by atoms with Crippen LogP contribution in [-0.4, -0.2) is 5.91 Å². The molecule has 0 saturated carbocycles. The van der Waals surface area contributed by atoms with E-state index < -0.39 is 5.60 Å². The molecule has 1 aliphatic rings. The minimum Gasteiger partial charge on any atom is -0.472 e. The van der Waals surface area contributed by atoms with Gasteiger partial charge in [-0.3, -0.25) is 4.79 Å². The average Bonchev–Trinajstić information content (AvgIpc) is 3.27. The molecular formula is C27H21NO2. The second kappa shape index (κ2) is 7.53. The van der Waals surface area contributed by atoms with Crippen LogP contribution in [-0.2, 0) is 15.1 Å². The van der Waals surface area contributed by atoms with Crippen molar-refractivity contribution in [1.29, 1.82) is 0 Å². The third-order valence-electron chi connectivity index (χ3n) is 5.53. The smallest absolute Gasteiger partial charge is 0.273 e. The summed E-state index contributed by atoms with van der Waals surface area (Å²) in [4.78, 5) is 13.6. The van der Waals surface area contributed by atoms with Crippen LogP contribution in [0.15, 0.2) is 109 Å². The van der Waals surface area contributed by atoms with E-state index in [9.17, 15) is 4.79 Å². The first-order chi connectivity index (χ1) is 14.7. The summed E-state index contributed by atoms with van der Waals surface area (Å²) >= 11 is 0. The third-order valence-corrected chi connectivity index (χ3v) is 5.53. The molecule has 1 unspecified atom stereocenters. The predicted molar refractivity (Wildman–Crippen MR) is 121 cm³/mol. The Morgan fingerprint density at radius 1 is 0.767 bits per heavy atom. The summed E-state index contributed by atoms with van der Waals surface area (Å²) in [5, 5.41) is 5.26. The van der Waals surface area contributed by atoms with Gasteiger partial charge in [0, 0.05) is 23.2 Å². The SMILES string of the molecule is O=C(Nc1ccccc1)C1(c2ccc3ccccc3c2)CC=C(c2ccccc2)O1. The molecule has 0 fully saturated rings. The zero-order valence-corrected chi connectivity index (χ0v) is 16.4. The van der Waals surface area contributed by atoms with E-state index in [1.165, 1.54) is 0 Å². The molecule has 0 aromatic heterocycles. The molecule has 4 aromatic rings. The summed E-state index contributed by atoms with van der Waals surface area (Å²) in [7, 11) is 0. The first kappa shape index (κ1) is 18.2. The van der Waals surface area contributed by atoms with Crippen molar-refractivity contribution >= 4 is 28.1 Å². The van der Waals surface area contributed by atoms with Gasteiger partial charge in [-0.2, -0.15) is 0 Å². The highest BCUT2D eigenvalue weighted by molar-refractivity contribution is 6.00. The molecule has 5 rings (SSSR count). The van der Waals surface area contributed by atoms with Crippen LogP contribution in [0.3, 0.4) is 0 Å². The van der Waals surface area contributed by atoms with Crippen LogP contribution in [0.2, 0.25) is 0 Å². The Morgan fingerprint density at radius 2 is 1.43 bits per heavy atom. The van der Waals surface area contributed by atoms with Gasteiger partial charge in [0.15, 0.2) is 0 Å². The molecule has 1 amide bonds. The molecule has 0 bridgehead atoms. The molecular weight excluding hydrogens is 370 g/mol. The Bertz CT molecular complexity index is 1230. The maximum Gasteiger partial charge on any atom is 0.273 e. The number of anilines is 1. The van der Waals surface area contributed by atoms with Crippen LogP contribution in [0.1, 0.15) is 17.5 Å². The van der Waals surface area contributed by atoms with Gasteiger partial charge >= 0.3 is 0 Å². The first-order valence-corrected chi connectivity index (χ1v) is 10.0. The quantitative estimate of drug-likeness (QED) is 0.454. The first-order valence-electron chi connectivity index (χ1n) is 10.0. The summed E-state index contributed by atoms with van der Waals surface area (Å²) in [5.74, 6) is 0.554. The maximum atomic E-state index is 13.6. The van der Waals surface area contributed by atoms with E-state index in [1.54, 1.807) is 0 Å². The normalized spacial score (nSPS) is 17.9. The van der Waals surface area contributed by atoms with E-state index >= 15 is 0 Å². The molecule has 3 nitrogen and oxygen atoms in total.